The van der Waals surface area contributed by atoms with Gasteiger partial charge in [0.05, 0.1) is 5.52 Å². The predicted molar refractivity (Wildman–Crippen MR) is 80.9 cm³/mol. The Hall–Kier alpha value is -2.42. The molecule has 100 valence electrons. The molecular formula is C17H15FN2. The number of nitrogens with one attached hydrogen (secondary N) is 1. The van der Waals surface area contributed by atoms with Gasteiger partial charge in [-0.05, 0) is 55.3 Å². The molecule has 0 atom stereocenters. The zero-order valence-electron chi connectivity index (χ0n) is 11.4. The van der Waals surface area contributed by atoms with Crippen molar-refractivity contribution in [2.24, 2.45) is 0 Å². The van der Waals surface area contributed by atoms with Gasteiger partial charge in [0.2, 0.25) is 0 Å². The van der Waals surface area contributed by atoms with E-state index in [4.69, 9.17) is 0 Å². The van der Waals surface area contributed by atoms with Crippen molar-refractivity contribution in [1.82, 2.24) is 4.98 Å². The molecule has 0 spiro atoms. The first-order valence-corrected chi connectivity index (χ1v) is 6.52. The smallest absolute Gasteiger partial charge is 0.123 e. The van der Waals surface area contributed by atoms with Crippen LogP contribution < -0.4 is 5.32 Å². The quantitative estimate of drug-likeness (QED) is 0.725. The van der Waals surface area contributed by atoms with Crippen LogP contribution in [0.3, 0.4) is 0 Å². The number of fused-ring (bicyclic) bond motifs is 1. The van der Waals surface area contributed by atoms with E-state index in [9.17, 15) is 4.39 Å². The molecule has 2 aromatic carbocycles. The highest BCUT2D eigenvalue weighted by Crippen LogP contribution is 2.28. The van der Waals surface area contributed by atoms with E-state index in [0.29, 0.717) is 0 Å². The Kier molecular flexibility index (Phi) is 3.11. The van der Waals surface area contributed by atoms with Crippen LogP contribution >= 0.6 is 0 Å². The number of hydrogen-bond donors (Lipinski definition) is 1. The molecule has 20 heavy (non-hydrogen) atoms. The lowest BCUT2D eigenvalue weighted by atomic mass is 10.0. The summed E-state index contributed by atoms with van der Waals surface area (Å²) in [5.41, 5.74) is 5.24. The maximum Gasteiger partial charge on any atom is 0.123 e. The largest absolute Gasteiger partial charge is 0.355 e. The van der Waals surface area contributed by atoms with Gasteiger partial charge >= 0.3 is 0 Å². The summed E-state index contributed by atoms with van der Waals surface area (Å²) in [5.74, 6) is -0.235. The number of benzene rings is 2. The van der Waals surface area contributed by atoms with E-state index in [1.807, 2.05) is 6.07 Å². The van der Waals surface area contributed by atoms with E-state index in [1.54, 1.807) is 18.3 Å². The SMILES string of the molecule is Cc1ccc2c(Nc3ccc(F)cc3)ccnc2c1C. The van der Waals surface area contributed by atoms with Gasteiger partial charge in [-0.2, -0.15) is 0 Å². The third-order valence-corrected chi connectivity index (χ3v) is 3.56. The lowest BCUT2D eigenvalue weighted by Gasteiger charge is -2.11. The second kappa shape index (κ2) is 4.93. The molecule has 0 radical (unpaired) electrons. The molecule has 0 aliphatic carbocycles. The molecule has 0 saturated heterocycles. The second-order valence-corrected chi connectivity index (χ2v) is 4.89. The van der Waals surface area contributed by atoms with Crippen molar-refractivity contribution in [2.45, 2.75) is 13.8 Å². The summed E-state index contributed by atoms with van der Waals surface area (Å²) < 4.78 is 12.9. The first kappa shape index (κ1) is 12.6. The Morgan fingerprint density at radius 2 is 1.70 bits per heavy atom. The van der Waals surface area contributed by atoms with Crippen LogP contribution in [0, 0.1) is 19.7 Å². The van der Waals surface area contributed by atoms with Gasteiger partial charge < -0.3 is 5.32 Å². The fourth-order valence-corrected chi connectivity index (χ4v) is 2.26. The Morgan fingerprint density at radius 3 is 2.45 bits per heavy atom. The number of pyridine rings is 1. The molecule has 0 bridgehead atoms. The van der Waals surface area contributed by atoms with Gasteiger partial charge in [-0.3, -0.25) is 4.98 Å². The standard InChI is InChI=1S/C17H15FN2/c1-11-3-8-15-16(9-10-19-17(15)12(11)2)20-14-6-4-13(18)5-7-14/h3-10H,1-2H3,(H,19,20). The van der Waals surface area contributed by atoms with Crippen LogP contribution in [0.2, 0.25) is 0 Å². The van der Waals surface area contributed by atoms with E-state index in [-0.39, 0.29) is 5.82 Å². The van der Waals surface area contributed by atoms with E-state index >= 15 is 0 Å². The average molecular weight is 266 g/mol. The third-order valence-electron chi connectivity index (χ3n) is 3.56. The summed E-state index contributed by atoms with van der Waals surface area (Å²) in [6, 6.07) is 12.4. The van der Waals surface area contributed by atoms with E-state index in [1.165, 1.54) is 23.3 Å². The predicted octanol–water partition coefficient (Wildman–Crippen LogP) is 4.73. The van der Waals surface area contributed by atoms with Crippen molar-refractivity contribution in [1.29, 1.82) is 0 Å². The molecule has 1 N–H and O–H groups in total. The highest BCUT2D eigenvalue weighted by atomic mass is 19.1. The Morgan fingerprint density at radius 1 is 0.950 bits per heavy atom. The summed E-state index contributed by atoms with van der Waals surface area (Å²) in [7, 11) is 0. The van der Waals surface area contributed by atoms with Crippen LogP contribution in [-0.2, 0) is 0 Å². The van der Waals surface area contributed by atoms with Crippen molar-refractivity contribution >= 4 is 22.3 Å². The number of rotatable bonds is 2. The zero-order valence-corrected chi connectivity index (χ0v) is 11.4. The number of aryl methyl sites for hydroxylation is 2. The van der Waals surface area contributed by atoms with E-state index in [0.717, 1.165) is 22.3 Å². The van der Waals surface area contributed by atoms with Crippen LogP contribution in [0.25, 0.3) is 10.9 Å². The zero-order chi connectivity index (χ0) is 14.1. The molecule has 3 rings (SSSR count). The van der Waals surface area contributed by atoms with Gasteiger partial charge in [-0.15, -0.1) is 0 Å². The van der Waals surface area contributed by atoms with Crippen LogP contribution in [-0.4, -0.2) is 4.98 Å². The van der Waals surface area contributed by atoms with Gasteiger partial charge in [-0.25, -0.2) is 4.39 Å². The van der Waals surface area contributed by atoms with Crippen LogP contribution in [0.15, 0.2) is 48.7 Å². The van der Waals surface area contributed by atoms with Crippen molar-refractivity contribution < 1.29 is 4.39 Å². The average Bonchev–Trinajstić information content (AvgIpc) is 2.46. The molecule has 3 aromatic rings. The minimum Gasteiger partial charge on any atom is -0.355 e. The molecule has 0 amide bonds. The number of aromatic nitrogens is 1. The maximum absolute atomic E-state index is 12.9. The van der Waals surface area contributed by atoms with Gasteiger partial charge in [0.25, 0.3) is 0 Å². The molecule has 0 saturated carbocycles. The molecule has 0 fully saturated rings. The topological polar surface area (TPSA) is 24.9 Å². The van der Waals surface area contributed by atoms with E-state index in [2.05, 4.69) is 36.3 Å². The molecule has 3 heteroatoms. The summed E-state index contributed by atoms with van der Waals surface area (Å²) >= 11 is 0. The van der Waals surface area contributed by atoms with Crippen LogP contribution in [0.1, 0.15) is 11.1 Å². The third kappa shape index (κ3) is 2.23. The van der Waals surface area contributed by atoms with Gasteiger partial charge in [-0.1, -0.05) is 12.1 Å². The van der Waals surface area contributed by atoms with Gasteiger partial charge in [0, 0.05) is 23.0 Å². The number of hydrogen-bond acceptors (Lipinski definition) is 2. The van der Waals surface area contributed by atoms with Crippen molar-refractivity contribution in [3.63, 3.8) is 0 Å². The summed E-state index contributed by atoms with van der Waals surface area (Å²) in [6.45, 7) is 4.16. The molecule has 1 heterocycles. The van der Waals surface area contributed by atoms with Crippen molar-refractivity contribution in [3.05, 3.63) is 65.6 Å². The summed E-state index contributed by atoms with van der Waals surface area (Å²) in [6.07, 6.45) is 1.79. The van der Waals surface area contributed by atoms with Crippen molar-refractivity contribution in [2.75, 3.05) is 5.32 Å². The molecular weight excluding hydrogens is 251 g/mol. The highest BCUT2D eigenvalue weighted by molar-refractivity contribution is 5.95. The lowest BCUT2D eigenvalue weighted by molar-refractivity contribution is 0.628. The second-order valence-electron chi connectivity index (χ2n) is 4.89. The number of nitrogens with zero attached hydrogens (tertiary/aromatic N) is 1. The van der Waals surface area contributed by atoms with Gasteiger partial charge in [0.15, 0.2) is 0 Å². The summed E-state index contributed by atoms with van der Waals surface area (Å²) in [5, 5.41) is 4.38. The monoisotopic (exact) mass is 266 g/mol. The fraction of sp³-hybridized carbons (Fsp3) is 0.118. The Bertz CT molecular complexity index is 764. The minimum absolute atomic E-state index is 0.235. The minimum atomic E-state index is -0.235. The van der Waals surface area contributed by atoms with Crippen LogP contribution in [0.4, 0.5) is 15.8 Å². The number of anilines is 2. The van der Waals surface area contributed by atoms with Gasteiger partial charge in [0.1, 0.15) is 5.82 Å². The van der Waals surface area contributed by atoms with Crippen LogP contribution in [0.5, 0.6) is 0 Å². The molecule has 0 aliphatic heterocycles. The molecule has 2 nitrogen and oxygen atoms in total. The first-order valence-electron chi connectivity index (χ1n) is 6.52. The maximum atomic E-state index is 12.9. The lowest BCUT2D eigenvalue weighted by Crippen LogP contribution is -1.94. The molecule has 0 unspecified atom stereocenters. The van der Waals surface area contributed by atoms with E-state index < -0.39 is 0 Å². The van der Waals surface area contributed by atoms with Crippen molar-refractivity contribution in [3.8, 4) is 0 Å². The highest BCUT2D eigenvalue weighted by Gasteiger charge is 2.06. The number of halogens is 1. The normalized spacial score (nSPS) is 10.8. The fourth-order valence-electron chi connectivity index (χ4n) is 2.26. The first-order chi connectivity index (χ1) is 9.65. The molecule has 1 aromatic heterocycles. The summed E-state index contributed by atoms with van der Waals surface area (Å²) in [4.78, 5) is 4.46. The Balaban J connectivity index is 2.08. The Labute approximate surface area is 117 Å². The molecule has 0 aliphatic rings.